The van der Waals surface area contributed by atoms with Gasteiger partial charge in [0.05, 0.1) is 16.2 Å². The third-order valence-electron chi connectivity index (χ3n) is 5.40. The van der Waals surface area contributed by atoms with Crippen LogP contribution < -0.4 is 10.3 Å². The van der Waals surface area contributed by atoms with Crippen molar-refractivity contribution in [1.82, 2.24) is 10.4 Å². The minimum atomic E-state index is -0.490. The van der Waals surface area contributed by atoms with Crippen LogP contribution in [0.4, 0.5) is 5.69 Å². The Hall–Kier alpha value is -2.97. The number of hydrazine groups is 1. The zero-order chi connectivity index (χ0) is 22.7. The molecular weight excluding hydrogens is 442 g/mol. The molecule has 2 aromatic rings. The van der Waals surface area contributed by atoms with Gasteiger partial charge in [-0.05, 0) is 36.8 Å². The number of carbonyl (C=O) groups excluding carboxylic acids is 3. The largest absolute Gasteiger partial charge is 0.308 e. The second kappa shape index (κ2) is 9.67. The molecule has 2 heterocycles. The van der Waals surface area contributed by atoms with Crippen molar-refractivity contribution in [2.75, 3.05) is 11.4 Å². The number of benzene rings is 2. The number of anilines is 1. The van der Waals surface area contributed by atoms with E-state index in [2.05, 4.69) is 12.3 Å². The highest BCUT2D eigenvalue weighted by Crippen LogP contribution is 2.44. The molecule has 3 amide bonds. The van der Waals surface area contributed by atoms with Crippen LogP contribution >= 0.6 is 24.0 Å². The number of para-hydroxylation sites is 1. The van der Waals surface area contributed by atoms with Crippen LogP contribution in [-0.2, 0) is 9.59 Å². The summed E-state index contributed by atoms with van der Waals surface area (Å²) in [6.07, 6.45) is 4.18. The topological polar surface area (TPSA) is 69.7 Å². The molecule has 2 aliphatic rings. The van der Waals surface area contributed by atoms with Crippen LogP contribution in [0.15, 0.2) is 59.5 Å². The van der Waals surface area contributed by atoms with Crippen molar-refractivity contribution >= 4 is 57.3 Å². The predicted molar refractivity (Wildman–Crippen MR) is 131 cm³/mol. The van der Waals surface area contributed by atoms with E-state index < -0.39 is 11.8 Å². The highest BCUT2D eigenvalue weighted by molar-refractivity contribution is 8.26. The van der Waals surface area contributed by atoms with E-state index >= 15 is 0 Å². The fourth-order valence-corrected chi connectivity index (χ4v) is 5.04. The molecular formula is C24H23N3O3S2. The summed E-state index contributed by atoms with van der Waals surface area (Å²) < 4.78 is 0.188. The van der Waals surface area contributed by atoms with Crippen molar-refractivity contribution in [2.24, 2.45) is 0 Å². The van der Waals surface area contributed by atoms with Crippen LogP contribution in [0.2, 0.25) is 0 Å². The van der Waals surface area contributed by atoms with Crippen LogP contribution in [0.3, 0.4) is 0 Å². The molecule has 0 aliphatic carbocycles. The summed E-state index contributed by atoms with van der Waals surface area (Å²) >= 11 is 6.40. The van der Waals surface area contributed by atoms with E-state index in [9.17, 15) is 14.4 Å². The summed E-state index contributed by atoms with van der Waals surface area (Å²) in [7, 11) is 0. The monoisotopic (exact) mass is 465 g/mol. The number of unbranched alkanes of at least 4 members (excludes halogenated alkanes) is 3. The highest BCUT2D eigenvalue weighted by atomic mass is 32.2. The lowest BCUT2D eigenvalue weighted by Gasteiger charge is -2.17. The van der Waals surface area contributed by atoms with Crippen molar-refractivity contribution in [3.63, 3.8) is 0 Å². The Labute approximate surface area is 196 Å². The second-order valence-corrected chi connectivity index (χ2v) is 9.20. The number of amides is 3. The van der Waals surface area contributed by atoms with Gasteiger partial charge in [0.1, 0.15) is 0 Å². The Morgan fingerprint density at radius 1 is 0.969 bits per heavy atom. The quantitative estimate of drug-likeness (QED) is 0.370. The first kappa shape index (κ1) is 22.2. The maximum atomic E-state index is 13.4. The van der Waals surface area contributed by atoms with Crippen molar-refractivity contribution in [3.8, 4) is 0 Å². The molecule has 0 unspecified atom stereocenters. The highest BCUT2D eigenvalue weighted by Gasteiger charge is 2.42. The number of nitrogens with one attached hydrogen (secondary N) is 1. The Morgan fingerprint density at radius 3 is 2.44 bits per heavy atom. The molecule has 0 bridgehead atoms. The van der Waals surface area contributed by atoms with Gasteiger partial charge in [-0.3, -0.25) is 19.8 Å². The van der Waals surface area contributed by atoms with Crippen molar-refractivity contribution < 1.29 is 14.4 Å². The summed E-state index contributed by atoms with van der Waals surface area (Å²) in [6, 6.07) is 16.1. The Bertz CT molecular complexity index is 1110. The van der Waals surface area contributed by atoms with Gasteiger partial charge < -0.3 is 4.90 Å². The molecule has 0 spiro atoms. The van der Waals surface area contributed by atoms with Gasteiger partial charge in [-0.15, -0.1) is 0 Å². The summed E-state index contributed by atoms with van der Waals surface area (Å²) in [5.41, 5.74) is 4.87. The van der Waals surface area contributed by atoms with Gasteiger partial charge in [-0.1, -0.05) is 74.3 Å². The van der Waals surface area contributed by atoms with Gasteiger partial charge in [-0.25, -0.2) is 0 Å². The number of hydrogen-bond donors (Lipinski definition) is 1. The van der Waals surface area contributed by atoms with E-state index in [4.69, 9.17) is 12.2 Å². The molecule has 6 nitrogen and oxygen atoms in total. The number of nitrogens with zero attached hydrogens (tertiary/aromatic N) is 2. The third-order valence-corrected chi connectivity index (χ3v) is 6.78. The first-order chi connectivity index (χ1) is 15.5. The molecule has 0 aromatic heterocycles. The van der Waals surface area contributed by atoms with Gasteiger partial charge in [0.2, 0.25) is 0 Å². The first-order valence-electron chi connectivity index (χ1n) is 10.6. The zero-order valence-electron chi connectivity index (χ0n) is 17.7. The predicted octanol–water partition coefficient (Wildman–Crippen LogP) is 4.53. The number of rotatable bonds is 7. The third kappa shape index (κ3) is 4.20. The summed E-state index contributed by atoms with van der Waals surface area (Å²) in [5.74, 6) is -1.13. The molecule has 0 radical (unpaired) electrons. The molecule has 1 fully saturated rings. The summed E-state index contributed by atoms with van der Waals surface area (Å²) in [5, 5.41) is 1.05. The van der Waals surface area contributed by atoms with E-state index in [-0.39, 0.29) is 15.1 Å². The molecule has 8 heteroatoms. The lowest BCUT2D eigenvalue weighted by molar-refractivity contribution is -0.124. The van der Waals surface area contributed by atoms with Gasteiger partial charge >= 0.3 is 0 Å². The van der Waals surface area contributed by atoms with Crippen LogP contribution in [0.5, 0.6) is 0 Å². The molecule has 0 atom stereocenters. The molecule has 2 aromatic carbocycles. The fraction of sp³-hybridized carbons (Fsp3) is 0.250. The van der Waals surface area contributed by atoms with Crippen molar-refractivity contribution in [2.45, 2.75) is 32.6 Å². The van der Waals surface area contributed by atoms with E-state index in [1.54, 1.807) is 35.2 Å². The van der Waals surface area contributed by atoms with E-state index in [0.29, 0.717) is 17.7 Å². The number of carbonyl (C=O) groups is 3. The van der Waals surface area contributed by atoms with Crippen molar-refractivity contribution in [1.29, 1.82) is 0 Å². The lowest BCUT2D eigenvalue weighted by atomic mass is 10.1. The van der Waals surface area contributed by atoms with E-state index in [1.165, 1.54) is 0 Å². The minimum absolute atomic E-state index is 0.188. The van der Waals surface area contributed by atoms with Crippen molar-refractivity contribution in [3.05, 3.63) is 70.6 Å². The number of thiocarbonyl (C=S) groups is 1. The number of thioether (sulfide) groups is 1. The normalized spacial score (nSPS) is 17.8. The summed E-state index contributed by atoms with van der Waals surface area (Å²) in [4.78, 5) is 41.1. The Balaban J connectivity index is 1.61. The average Bonchev–Trinajstić information content (AvgIpc) is 3.24. The fourth-order valence-electron chi connectivity index (χ4n) is 3.79. The minimum Gasteiger partial charge on any atom is -0.308 e. The first-order valence-corrected chi connectivity index (χ1v) is 11.8. The Kier molecular flexibility index (Phi) is 6.72. The Morgan fingerprint density at radius 2 is 1.69 bits per heavy atom. The number of hydrogen-bond acceptors (Lipinski definition) is 5. The lowest BCUT2D eigenvalue weighted by Crippen LogP contribution is -2.45. The molecule has 1 saturated heterocycles. The van der Waals surface area contributed by atoms with E-state index in [0.717, 1.165) is 53.7 Å². The standard InChI is InChI=1S/C24H23N3O3S2/c1-2-3-4-10-15-26-18-14-9-8-13-17(18)19(22(26)29)20-23(30)27(24(31)32-20)25-21(28)16-11-6-5-7-12-16/h5-9,11-14H,2-4,10,15H2,1H3,(H,25,28)/b20-19-. The van der Waals surface area contributed by atoms with Crippen LogP contribution in [0.1, 0.15) is 48.5 Å². The molecule has 1 N–H and O–H groups in total. The molecule has 4 rings (SSSR count). The number of fused-ring (bicyclic) bond motifs is 1. The van der Waals surface area contributed by atoms with Crippen LogP contribution in [0, 0.1) is 0 Å². The van der Waals surface area contributed by atoms with Gasteiger partial charge in [0, 0.05) is 17.7 Å². The van der Waals surface area contributed by atoms with Gasteiger partial charge in [0.25, 0.3) is 17.7 Å². The smallest absolute Gasteiger partial charge is 0.286 e. The summed E-state index contributed by atoms with van der Waals surface area (Å²) in [6.45, 7) is 2.75. The second-order valence-electron chi connectivity index (χ2n) is 7.55. The maximum Gasteiger partial charge on any atom is 0.286 e. The van der Waals surface area contributed by atoms with Gasteiger partial charge in [0.15, 0.2) is 4.32 Å². The zero-order valence-corrected chi connectivity index (χ0v) is 19.3. The van der Waals surface area contributed by atoms with Crippen LogP contribution in [-0.4, -0.2) is 33.6 Å². The maximum absolute atomic E-state index is 13.4. The molecule has 2 aliphatic heterocycles. The molecule has 0 saturated carbocycles. The SMILES string of the molecule is CCCCCCN1C(=O)/C(=C2\SC(=S)N(NC(=O)c3ccccc3)C2=O)c2ccccc21. The van der Waals surface area contributed by atoms with Gasteiger partial charge in [-0.2, -0.15) is 5.01 Å². The van der Waals surface area contributed by atoms with Crippen LogP contribution in [0.25, 0.3) is 5.57 Å². The molecule has 164 valence electrons. The average molecular weight is 466 g/mol. The van der Waals surface area contributed by atoms with E-state index in [1.807, 2.05) is 24.3 Å². The molecule has 32 heavy (non-hydrogen) atoms.